The first-order valence-electron chi connectivity index (χ1n) is 8.40. The fourth-order valence-corrected chi connectivity index (χ4v) is 3.29. The molecule has 0 saturated heterocycles. The molecule has 0 saturated carbocycles. The summed E-state index contributed by atoms with van der Waals surface area (Å²) in [5.41, 5.74) is 3.38. The van der Waals surface area contributed by atoms with Gasteiger partial charge in [-0.2, -0.15) is 0 Å². The Morgan fingerprint density at radius 3 is 2.30 bits per heavy atom. The van der Waals surface area contributed by atoms with Gasteiger partial charge in [0.2, 0.25) is 0 Å². The number of anilines is 1. The van der Waals surface area contributed by atoms with E-state index in [1.807, 2.05) is 54.6 Å². The lowest BCUT2D eigenvalue weighted by Crippen LogP contribution is -2.24. The number of ketones is 1. The maximum atomic E-state index is 13.0. The summed E-state index contributed by atoms with van der Waals surface area (Å²) < 4.78 is 2.70. The van der Waals surface area contributed by atoms with Crippen molar-refractivity contribution in [3.8, 4) is 11.1 Å². The van der Waals surface area contributed by atoms with Gasteiger partial charge in [0, 0.05) is 27.4 Å². The van der Waals surface area contributed by atoms with Crippen molar-refractivity contribution in [2.75, 3.05) is 5.32 Å². The second-order valence-corrected chi connectivity index (χ2v) is 6.97. The second kappa shape index (κ2) is 7.21. The van der Waals surface area contributed by atoms with Crippen LogP contribution in [0.4, 0.5) is 5.69 Å². The van der Waals surface area contributed by atoms with Crippen LogP contribution in [0.2, 0.25) is 0 Å². The molecule has 0 spiro atoms. The first-order valence-corrected chi connectivity index (χ1v) is 9.19. The van der Waals surface area contributed by atoms with Crippen LogP contribution < -0.4 is 5.32 Å². The lowest BCUT2D eigenvalue weighted by Gasteiger charge is -2.08. The molecular weight excluding hydrogens is 404 g/mol. The Kier molecular flexibility index (Phi) is 4.60. The molecule has 1 amide bonds. The van der Waals surface area contributed by atoms with Gasteiger partial charge in [-0.3, -0.25) is 9.59 Å². The molecule has 2 heterocycles. The summed E-state index contributed by atoms with van der Waals surface area (Å²) in [6.07, 6.45) is 1.79. The third-order valence-corrected chi connectivity index (χ3v) is 4.82. The van der Waals surface area contributed by atoms with Crippen LogP contribution in [0.5, 0.6) is 0 Å². The van der Waals surface area contributed by atoms with Gasteiger partial charge in [0.25, 0.3) is 11.7 Å². The Bertz CT molecular complexity index is 1130. The third-order valence-electron chi connectivity index (χ3n) is 4.29. The van der Waals surface area contributed by atoms with Crippen LogP contribution in [0, 0.1) is 0 Å². The van der Waals surface area contributed by atoms with Gasteiger partial charge in [0.1, 0.15) is 5.69 Å². The highest BCUT2D eigenvalue weighted by Gasteiger charge is 2.24. The molecule has 0 radical (unpaired) electrons. The van der Waals surface area contributed by atoms with Gasteiger partial charge >= 0.3 is 0 Å². The van der Waals surface area contributed by atoms with Crippen molar-refractivity contribution in [1.29, 1.82) is 0 Å². The lowest BCUT2D eigenvalue weighted by molar-refractivity contribution is -0.112. The van der Waals surface area contributed by atoms with Crippen LogP contribution in [0.15, 0.2) is 89.5 Å². The monoisotopic (exact) mass is 418 g/mol. The smallest absolute Gasteiger partial charge is 0.298 e. The van der Waals surface area contributed by atoms with E-state index in [0.717, 1.165) is 21.1 Å². The number of Topliss-reactive ketones (excluding diaryl/α,β-unsaturated/α-hetero) is 1. The van der Waals surface area contributed by atoms with Crippen molar-refractivity contribution in [3.63, 3.8) is 0 Å². The largest absolute Gasteiger partial charge is 0.319 e. The number of pyridine rings is 1. The fraction of sp³-hybridized carbons (Fsp3) is 0. The number of nitrogens with one attached hydrogen (secondary N) is 1. The molecule has 0 atom stereocenters. The van der Waals surface area contributed by atoms with Crippen LogP contribution in [0.25, 0.3) is 16.6 Å². The van der Waals surface area contributed by atoms with E-state index >= 15 is 0 Å². The zero-order valence-electron chi connectivity index (χ0n) is 14.2. The number of para-hydroxylation sites is 1. The number of nitrogens with zero attached hydrogens (tertiary/aromatic N) is 1. The van der Waals surface area contributed by atoms with E-state index in [4.69, 9.17) is 0 Å². The molecule has 0 aliphatic heterocycles. The van der Waals surface area contributed by atoms with E-state index < -0.39 is 11.7 Å². The molecule has 0 aliphatic carbocycles. The first-order chi connectivity index (χ1) is 13.1. The standard InChI is InChI=1S/C22H15BrN2O2/c23-16-11-9-15(10-12-16)19-14-18-8-4-5-13-25(18)20(19)21(26)22(27)24-17-6-2-1-3-7-17/h1-14H,(H,24,27). The van der Waals surface area contributed by atoms with Gasteiger partial charge in [0.15, 0.2) is 0 Å². The van der Waals surface area contributed by atoms with Crippen LogP contribution in [0.3, 0.4) is 0 Å². The third kappa shape index (κ3) is 3.41. The highest BCUT2D eigenvalue weighted by Crippen LogP contribution is 2.29. The van der Waals surface area contributed by atoms with Crippen LogP contribution in [0.1, 0.15) is 10.5 Å². The Morgan fingerprint density at radius 1 is 0.852 bits per heavy atom. The summed E-state index contributed by atoms with van der Waals surface area (Å²) >= 11 is 3.42. The Labute approximate surface area is 164 Å². The predicted molar refractivity (Wildman–Crippen MR) is 110 cm³/mol. The van der Waals surface area contributed by atoms with E-state index in [2.05, 4.69) is 21.2 Å². The van der Waals surface area contributed by atoms with Crippen molar-refractivity contribution in [2.45, 2.75) is 0 Å². The molecule has 2 aromatic carbocycles. The molecule has 4 nitrogen and oxygen atoms in total. The molecule has 27 heavy (non-hydrogen) atoms. The van der Waals surface area contributed by atoms with Crippen molar-refractivity contribution in [2.24, 2.45) is 0 Å². The predicted octanol–water partition coefficient (Wildman–Crippen LogP) is 5.19. The van der Waals surface area contributed by atoms with Crippen LogP contribution >= 0.6 is 15.9 Å². The topological polar surface area (TPSA) is 50.6 Å². The van der Waals surface area contributed by atoms with Crippen molar-refractivity contribution in [1.82, 2.24) is 4.40 Å². The number of benzene rings is 2. The van der Waals surface area contributed by atoms with E-state index in [1.54, 1.807) is 34.9 Å². The van der Waals surface area contributed by atoms with Gasteiger partial charge in [-0.1, -0.05) is 52.3 Å². The summed E-state index contributed by atoms with van der Waals surface area (Å²) in [5.74, 6) is -1.24. The average Bonchev–Trinajstić information content (AvgIpc) is 3.08. The summed E-state index contributed by atoms with van der Waals surface area (Å²) in [6, 6.07) is 24.2. The van der Waals surface area contributed by atoms with Gasteiger partial charge in [0.05, 0.1) is 0 Å². The fourth-order valence-electron chi connectivity index (χ4n) is 3.02. The number of halogens is 1. The van der Waals surface area contributed by atoms with Crippen molar-refractivity contribution in [3.05, 3.63) is 95.2 Å². The molecule has 4 aromatic rings. The van der Waals surface area contributed by atoms with Crippen molar-refractivity contribution < 1.29 is 9.59 Å². The normalized spacial score (nSPS) is 10.7. The number of hydrogen-bond acceptors (Lipinski definition) is 2. The molecule has 4 rings (SSSR count). The van der Waals surface area contributed by atoms with E-state index in [9.17, 15) is 9.59 Å². The number of amides is 1. The minimum atomic E-state index is -0.664. The number of carbonyl (C=O) groups is 2. The molecule has 0 aliphatic rings. The van der Waals surface area contributed by atoms with Gasteiger partial charge in [-0.15, -0.1) is 0 Å². The number of rotatable bonds is 4. The number of hydrogen-bond donors (Lipinski definition) is 1. The Hall–Kier alpha value is -3.18. The van der Waals surface area contributed by atoms with Gasteiger partial charge < -0.3 is 9.72 Å². The second-order valence-electron chi connectivity index (χ2n) is 6.06. The van der Waals surface area contributed by atoms with E-state index in [0.29, 0.717) is 11.4 Å². The summed E-state index contributed by atoms with van der Waals surface area (Å²) in [5, 5.41) is 2.67. The molecule has 0 fully saturated rings. The molecule has 0 unspecified atom stereocenters. The number of aromatic nitrogens is 1. The maximum Gasteiger partial charge on any atom is 0.298 e. The van der Waals surface area contributed by atoms with Gasteiger partial charge in [-0.25, -0.2) is 0 Å². The van der Waals surface area contributed by atoms with Crippen LogP contribution in [-0.2, 0) is 4.79 Å². The first kappa shape index (κ1) is 17.2. The molecule has 132 valence electrons. The zero-order chi connectivity index (χ0) is 18.8. The maximum absolute atomic E-state index is 13.0. The molecule has 1 N–H and O–H groups in total. The van der Waals surface area contributed by atoms with Crippen LogP contribution in [-0.4, -0.2) is 16.1 Å². The molecule has 2 aromatic heterocycles. The van der Waals surface area contributed by atoms with Crippen molar-refractivity contribution >= 4 is 38.8 Å². The quantitative estimate of drug-likeness (QED) is 0.366. The van der Waals surface area contributed by atoms with Gasteiger partial charge in [-0.05, 0) is 48.0 Å². The van der Waals surface area contributed by atoms with E-state index in [1.165, 1.54) is 0 Å². The Balaban J connectivity index is 1.79. The lowest BCUT2D eigenvalue weighted by atomic mass is 10.0. The SMILES string of the molecule is O=C(Nc1ccccc1)C(=O)c1c(-c2ccc(Br)cc2)cc2ccccn12. The number of fused-ring (bicyclic) bond motifs is 1. The molecule has 5 heteroatoms. The highest BCUT2D eigenvalue weighted by molar-refractivity contribution is 9.10. The van der Waals surface area contributed by atoms with E-state index in [-0.39, 0.29) is 0 Å². The Morgan fingerprint density at radius 2 is 1.56 bits per heavy atom. The highest BCUT2D eigenvalue weighted by atomic mass is 79.9. The molecule has 0 bridgehead atoms. The molecular formula is C22H15BrN2O2. The summed E-state index contributed by atoms with van der Waals surface area (Å²) in [4.78, 5) is 25.7. The minimum absolute atomic E-state index is 0.348. The number of carbonyl (C=O) groups excluding carboxylic acids is 2. The minimum Gasteiger partial charge on any atom is -0.319 e. The summed E-state index contributed by atoms with van der Waals surface area (Å²) in [7, 11) is 0. The average molecular weight is 419 g/mol. The summed E-state index contributed by atoms with van der Waals surface area (Å²) in [6.45, 7) is 0. The zero-order valence-corrected chi connectivity index (χ0v) is 15.8.